The molecule has 152 valence electrons. The monoisotopic (exact) mass is 386 g/mol. The largest absolute Gasteiger partial charge is 0.381 e. The van der Waals surface area contributed by atoms with Crippen LogP contribution in [0.15, 0.2) is 18.5 Å². The minimum atomic E-state index is 0.392. The Bertz CT molecular complexity index is 781. The highest BCUT2D eigenvalue weighted by Gasteiger charge is 2.26. The van der Waals surface area contributed by atoms with Gasteiger partial charge in [-0.2, -0.15) is 5.10 Å². The van der Waals surface area contributed by atoms with Crippen LogP contribution >= 0.6 is 0 Å². The number of rotatable bonds is 5. The zero-order valence-electron chi connectivity index (χ0n) is 17.0. The van der Waals surface area contributed by atoms with E-state index in [4.69, 9.17) is 14.5 Å². The van der Waals surface area contributed by atoms with Crippen molar-refractivity contribution in [3.63, 3.8) is 0 Å². The second-order valence-electron chi connectivity index (χ2n) is 7.62. The summed E-state index contributed by atoms with van der Waals surface area (Å²) in [6.45, 7) is 3.22. The van der Waals surface area contributed by atoms with Gasteiger partial charge in [0.15, 0.2) is 0 Å². The predicted molar refractivity (Wildman–Crippen MR) is 109 cm³/mol. The molecule has 0 radical (unpaired) electrons. The van der Waals surface area contributed by atoms with E-state index in [1.807, 2.05) is 30.2 Å². The van der Waals surface area contributed by atoms with Crippen molar-refractivity contribution in [2.45, 2.75) is 37.8 Å². The highest BCUT2D eigenvalue weighted by atomic mass is 16.5. The molecule has 0 bridgehead atoms. The lowest BCUT2D eigenvalue weighted by Crippen LogP contribution is -2.38. The summed E-state index contributed by atoms with van der Waals surface area (Å²) in [6.07, 6.45) is 8.54. The minimum Gasteiger partial charge on any atom is -0.381 e. The first-order chi connectivity index (χ1) is 13.7. The topological polar surface area (TPSA) is 68.5 Å². The van der Waals surface area contributed by atoms with Gasteiger partial charge in [-0.3, -0.25) is 4.68 Å². The minimum absolute atomic E-state index is 0.392. The van der Waals surface area contributed by atoms with Gasteiger partial charge in [-0.1, -0.05) is 0 Å². The molecule has 0 aromatic carbocycles. The maximum Gasteiger partial charge on any atom is 0.225 e. The SMILES string of the molecule is COC1CCC(N(C)c2nccc(-c3cnn(C)c3N3CCOCC3)n2)CC1. The Hall–Kier alpha value is -2.19. The first-order valence-corrected chi connectivity index (χ1v) is 10.1. The van der Waals surface area contributed by atoms with Crippen LogP contribution in [0.3, 0.4) is 0 Å². The van der Waals surface area contributed by atoms with Gasteiger partial charge in [0, 0.05) is 46.5 Å². The van der Waals surface area contributed by atoms with E-state index in [1.54, 1.807) is 7.11 Å². The molecule has 1 saturated carbocycles. The summed E-state index contributed by atoms with van der Waals surface area (Å²) in [4.78, 5) is 14.0. The molecule has 0 atom stereocenters. The summed E-state index contributed by atoms with van der Waals surface area (Å²) in [5.74, 6) is 1.87. The summed E-state index contributed by atoms with van der Waals surface area (Å²) >= 11 is 0. The lowest BCUT2D eigenvalue weighted by molar-refractivity contribution is 0.0659. The highest BCUT2D eigenvalue weighted by molar-refractivity contribution is 5.73. The fourth-order valence-corrected chi connectivity index (χ4v) is 4.26. The number of morpholine rings is 1. The third kappa shape index (κ3) is 3.84. The average molecular weight is 387 g/mol. The number of methoxy groups -OCH3 is 1. The smallest absolute Gasteiger partial charge is 0.225 e. The van der Waals surface area contributed by atoms with Crippen molar-refractivity contribution in [1.29, 1.82) is 0 Å². The van der Waals surface area contributed by atoms with E-state index >= 15 is 0 Å². The van der Waals surface area contributed by atoms with E-state index in [2.05, 4.69) is 26.9 Å². The van der Waals surface area contributed by atoms with Crippen LogP contribution in [0.4, 0.5) is 11.8 Å². The quantitative estimate of drug-likeness (QED) is 0.779. The van der Waals surface area contributed by atoms with Gasteiger partial charge in [-0.15, -0.1) is 0 Å². The van der Waals surface area contributed by atoms with Gasteiger partial charge in [0.1, 0.15) is 5.82 Å². The lowest BCUT2D eigenvalue weighted by Gasteiger charge is -2.34. The molecule has 0 unspecified atom stereocenters. The third-order valence-corrected chi connectivity index (χ3v) is 5.98. The Morgan fingerprint density at radius 1 is 1.18 bits per heavy atom. The van der Waals surface area contributed by atoms with Crippen LogP contribution < -0.4 is 9.80 Å². The molecule has 8 heteroatoms. The fraction of sp³-hybridized carbons (Fsp3) is 0.650. The van der Waals surface area contributed by atoms with Crippen molar-refractivity contribution in [3.8, 4) is 11.3 Å². The molecule has 3 heterocycles. The van der Waals surface area contributed by atoms with Crippen LogP contribution in [0, 0.1) is 0 Å². The molecule has 1 aliphatic carbocycles. The van der Waals surface area contributed by atoms with Gasteiger partial charge in [0.2, 0.25) is 5.95 Å². The van der Waals surface area contributed by atoms with Crippen molar-refractivity contribution in [1.82, 2.24) is 19.7 Å². The summed E-state index contributed by atoms with van der Waals surface area (Å²) < 4.78 is 12.9. The number of anilines is 2. The first kappa shape index (κ1) is 19.1. The van der Waals surface area contributed by atoms with E-state index in [-0.39, 0.29) is 0 Å². The molecule has 1 saturated heterocycles. The van der Waals surface area contributed by atoms with E-state index < -0.39 is 0 Å². The molecule has 2 aromatic rings. The Morgan fingerprint density at radius 2 is 1.93 bits per heavy atom. The van der Waals surface area contributed by atoms with Crippen molar-refractivity contribution >= 4 is 11.8 Å². The van der Waals surface area contributed by atoms with Crippen LogP contribution in [0.25, 0.3) is 11.3 Å². The molecule has 0 spiro atoms. The van der Waals surface area contributed by atoms with E-state index in [9.17, 15) is 0 Å². The van der Waals surface area contributed by atoms with Crippen molar-refractivity contribution in [2.24, 2.45) is 7.05 Å². The molecular weight excluding hydrogens is 356 g/mol. The number of ether oxygens (including phenoxy) is 2. The second-order valence-corrected chi connectivity index (χ2v) is 7.62. The summed E-state index contributed by atoms with van der Waals surface area (Å²) in [7, 11) is 5.89. The summed E-state index contributed by atoms with van der Waals surface area (Å²) in [6, 6.07) is 2.43. The van der Waals surface area contributed by atoms with E-state index in [0.29, 0.717) is 12.1 Å². The van der Waals surface area contributed by atoms with Gasteiger partial charge < -0.3 is 19.3 Å². The zero-order valence-corrected chi connectivity index (χ0v) is 17.0. The standard InChI is InChI=1S/C20H30N6O2/c1-24(15-4-6-16(27-3)7-5-15)20-21-9-8-18(23-20)17-14-22-25(2)19(17)26-10-12-28-13-11-26/h8-9,14-16H,4-7,10-13H2,1-3H3. The maximum atomic E-state index is 5.50. The molecule has 4 rings (SSSR count). The fourth-order valence-electron chi connectivity index (χ4n) is 4.26. The number of nitrogens with zero attached hydrogens (tertiary/aromatic N) is 6. The van der Waals surface area contributed by atoms with Crippen LogP contribution in [-0.4, -0.2) is 72.4 Å². The summed E-state index contributed by atoms with van der Waals surface area (Å²) in [5.41, 5.74) is 1.96. The third-order valence-electron chi connectivity index (χ3n) is 5.98. The number of hydrogen-bond acceptors (Lipinski definition) is 7. The van der Waals surface area contributed by atoms with Crippen LogP contribution in [0.5, 0.6) is 0 Å². The second kappa shape index (κ2) is 8.45. The Labute approximate surface area is 166 Å². The Kier molecular flexibility index (Phi) is 5.77. The number of aryl methyl sites for hydroxylation is 1. The van der Waals surface area contributed by atoms with Crippen LogP contribution in [-0.2, 0) is 16.5 Å². The molecule has 8 nitrogen and oxygen atoms in total. The average Bonchev–Trinajstić information content (AvgIpc) is 3.15. The molecule has 2 aliphatic rings. The first-order valence-electron chi connectivity index (χ1n) is 10.1. The maximum absolute atomic E-state index is 5.50. The Balaban J connectivity index is 1.56. The molecule has 2 fully saturated rings. The Morgan fingerprint density at radius 3 is 2.64 bits per heavy atom. The molecular formula is C20H30N6O2. The number of aromatic nitrogens is 4. The highest BCUT2D eigenvalue weighted by Crippen LogP contribution is 2.31. The summed E-state index contributed by atoms with van der Waals surface area (Å²) in [5, 5.41) is 4.50. The molecule has 0 amide bonds. The van der Waals surface area contributed by atoms with Gasteiger partial charge in [0.25, 0.3) is 0 Å². The van der Waals surface area contributed by atoms with Crippen LogP contribution in [0.1, 0.15) is 25.7 Å². The van der Waals surface area contributed by atoms with Crippen LogP contribution in [0.2, 0.25) is 0 Å². The molecule has 2 aromatic heterocycles. The zero-order chi connectivity index (χ0) is 19.5. The van der Waals surface area contributed by atoms with Gasteiger partial charge in [0.05, 0.1) is 36.8 Å². The molecule has 1 aliphatic heterocycles. The predicted octanol–water partition coefficient (Wildman–Crippen LogP) is 2.11. The number of hydrogen-bond donors (Lipinski definition) is 0. The normalized spacial score (nSPS) is 23.0. The van der Waals surface area contributed by atoms with E-state index in [1.165, 1.54) is 0 Å². The molecule has 0 N–H and O–H groups in total. The van der Waals surface area contributed by atoms with Crippen molar-refractivity contribution in [3.05, 3.63) is 18.5 Å². The van der Waals surface area contributed by atoms with Crippen molar-refractivity contribution < 1.29 is 9.47 Å². The van der Waals surface area contributed by atoms with E-state index in [0.717, 1.165) is 75.0 Å². The van der Waals surface area contributed by atoms with Gasteiger partial charge in [-0.05, 0) is 31.7 Å². The van der Waals surface area contributed by atoms with Crippen molar-refractivity contribution in [2.75, 3.05) is 50.3 Å². The lowest BCUT2D eigenvalue weighted by atomic mass is 9.92. The van der Waals surface area contributed by atoms with Gasteiger partial charge in [-0.25, -0.2) is 9.97 Å². The molecule has 28 heavy (non-hydrogen) atoms. The van der Waals surface area contributed by atoms with Gasteiger partial charge >= 0.3 is 0 Å².